The van der Waals surface area contributed by atoms with Gasteiger partial charge in [0.2, 0.25) is 0 Å². The Morgan fingerprint density at radius 3 is 2.36 bits per heavy atom. The minimum atomic E-state index is -1.44. The molecule has 1 fully saturated rings. The maximum atomic E-state index is 12.3. The lowest BCUT2D eigenvalue weighted by molar-refractivity contribution is -0.297. The molecule has 0 aliphatic carbocycles. The third kappa shape index (κ3) is 2.21. The molecule has 1 aliphatic rings. The van der Waals surface area contributed by atoms with Crippen LogP contribution in [0, 0.1) is 0 Å². The van der Waals surface area contributed by atoms with Crippen LogP contribution < -0.4 is 0 Å². The van der Waals surface area contributed by atoms with Gasteiger partial charge in [-0.05, 0) is 6.92 Å². The average Bonchev–Trinajstić information content (AvgIpc) is 2.19. The van der Waals surface area contributed by atoms with Crippen molar-refractivity contribution in [3.8, 4) is 0 Å². The quantitative estimate of drug-likeness (QED) is 0.544. The molecule has 6 heteroatoms. The molecule has 0 radical (unpaired) electrons. The summed E-state index contributed by atoms with van der Waals surface area (Å²) in [7, 11) is 0. The van der Waals surface area contributed by atoms with Crippen molar-refractivity contribution in [1.82, 2.24) is 0 Å². The molecule has 1 aliphatic heterocycles. The largest absolute Gasteiger partial charge is 0.387 e. The topological polar surface area (TPSA) is 79.2 Å². The van der Waals surface area contributed by atoms with Crippen LogP contribution in [0.5, 0.6) is 0 Å². The van der Waals surface area contributed by atoms with Crippen molar-refractivity contribution in [1.29, 1.82) is 0 Å². The van der Waals surface area contributed by atoms with Gasteiger partial charge in [-0.15, -0.1) is 0 Å². The lowest BCUT2D eigenvalue weighted by Gasteiger charge is -2.39. The molecule has 0 amide bonds. The summed E-state index contributed by atoms with van der Waals surface area (Å²) in [4.78, 5) is 0. The predicted octanol–water partition coefficient (Wildman–Crippen LogP) is -1.20. The van der Waals surface area contributed by atoms with Crippen LogP contribution in [0.25, 0.3) is 0 Å². The molecule has 1 rings (SSSR count). The van der Waals surface area contributed by atoms with Gasteiger partial charge in [-0.2, -0.15) is 0 Å². The Morgan fingerprint density at radius 2 is 1.86 bits per heavy atom. The van der Waals surface area contributed by atoms with Crippen LogP contribution in [0.15, 0.2) is 0 Å². The molecule has 84 valence electrons. The van der Waals surface area contributed by atoms with Gasteiger partial charge in [0.15, 0.2) is 6.29 Å². The van der Waals surface area contributed by atoms with E-state index < -0.39 is 37.4 Å². The lowest BCUT2D eigenvalue weighted by Crippen LogP contribution is -2.58. The van der Waals surface area contributed by atoms with Crippen molar-refractivity contribution in [3.63, 3.8) is 0 Å². The monoisotopic (exact) mass is 209 g/mol. The standard InChI is InChI=1S/C8H15FO5/c1-2-13-8-7(12)6(11)5(10)4(3-9)14-8/h4-8,10-12H,2-3H2,1H3/t4-,5+,6+,7-,8?/m1/s1/i9-1. The Hall–Kier alpha value is -0.270. The van der Waals surface area contributed by atoms with Crippen molar-refractivity contribution in [2.45, 2.75) is 37.6 Å². The summed E-state index contributed by atoms with van der Waals surface area (Å²) >= 11 is 0. The summed E-state index contributed by atoms with van der Waals surface area (Å²) in [6.07, 6.45) is -6.45. The number of alkyl halides is 1. The fourth-order valence-electron chi connectivity index (χ4n) is 1.35. The highest BCUT2D eigenvalue weighted by Crippen LogP contribution is 2.22. The van der Waals surface area contributed by atoms with Crippen molar-refractivity contribution in [3.05, 3.63) is 0 Å². The van der Waals surface area contributed by atoms with Gasteiger partial charge in [0, 0.05) is 6.61 Å². The van der Waals surface area contributed by atoms with Crippen LogP contribution >= 0.6 is 0 Å². The van der Waals surface area contributed by atoms with Crippen molar-refractivity contribution < 1.29 is 29.2 Å². The summed E-state index contributed by atoms with van der Waals surface area (Å²) in [5.41, 5.74) is 0. The first kappa shape index (κ1) is 11.8. The molecule has 0 aromatic rings. The van der Waals surface area contributed by atoms with Crippen LogP contribution in [0.3, 0.4) is 0 Å². The van der Waals surface area contributed by atoms with E-state index in [-0.39, 0.29) is 6.61 Å². The number of aliphatic hydroxyl groups is 3. The van der Waals surface area contributed by atoms with E-state index in [4.69, 9.17) is 9.47 Å². The molecule has 1 saturated heterocycles. The predicted molar refractivity (Wildman–Crippen MR) is 44.3 cm³/mol. The number of rotatable bonds is 3. The van der Waals surface area contributed by atoms with E-state index in [1.807, 2.05) is 0 Å². The summed E-state index contributed by atoms with van der Waals surface area (Å²) < 4.78 is 22.2. The van der Waals surface area contributed by atoms with Gasteiger partial charge in [0.1, 0.15) is 31.1 Å². The van der Waals surface area contributed by atoms with Gasteiger partial charge < -0.3 is 24.8 Å². The minimum Gasteiger partial charge on any atom is -0.387 e. The normalized spacial score (nSPS) is 43.9. The number of hydrogen-bond donors (Lipinski definition) is 3. The number of hydrogen-bond acceptors (Lipinski definition) is 5. The van der Waals surface area contributed by atoms with Gasteiger partial charge in [-0.1, -0.05) is 0 Å². The Balaban J connectivity index is 2.63. The van der Waals surface area contributed by atoms with E-state index in [0.717, 1.165) is 0 Å². The van der Waals surface area contributed by atoms with Gasteiger partial charge in [-0.25, -0.2) is 4.39 Å². The summed E-state index contributed by atoms with van der Waals surface area (Å²) in [6, 6.07) is 0. The molecule has 0 saturated carbocycles. The second-order valence-electron chi connectivity index (χ2n) is 3.12. The SMILES string of the molecule is CCOC1O[C@H](C[18F])[C@H](O)[C@H](O)[C@H]1O. The third-order valence-electron chi connectivity index (χ3n) is 2.15. The van der Waals surface area contributed by atoms with Crippen LogP contribution in [0.1, 0.15) is 6.92 Å². The molecule has 14 heavy (non-hydrogen) atoms. The Bertz CT molecular complexity index is 175. The molecule has 3 N–H and O–H groups in total. The zero-order chi connectivity index (χ0) is 10.7. The van der Waals surface area contributed by atoms with E-state index in [9.17, 15) is 19.7 Å². The van der Waals surface area contributed by atoms with E-state index in [2.05, 4.69) is 0 Å². The smallest absolute Gasteiger partial charge is 0.186 e. The molecule has 0 spiro atoms. The molecule has 5 nitrogen and oxygen atoms in total. The highest BCUT2D eigenvalue weighted by atomic mass is 18.2. The Kier molecular flexibility index (Phi) is 4.21. The second-order valence-corrected chi connectivity index (χ2v) is 3.12. The number of aliphatic hydroxyl groups excluding tert-OH is 3. The fourth-order valence-corrected chi connectivity index (χ4v) is 1.35. The first-order valence-corrected chi connectivity index (χ1v) is 4.49. The zero-order valence-corrected chi connectivity index (χ0v) is 7.84. The molecule has 0 aromatic carbocycles. The van der Waals surface area contributed by atoms with Gasteiger partial charge in [0.25, 0.3) is 0 Å². The molecule has 0 aromatic heterocycles. The molecular weight excluding hydrogens is 194 g/mol. The van der Waals surface area contributed by atoms with Crippen molar-refractivity contribution in [2.75, 3.05) is 13.3 Å². The van der Waals surface area contributed by atoms with Crippen LogP contribution in [0.2, 0.25) is 0 Å². The first-order valence-electron chi connectivity index (χ1n) is 4.49. The number of ether oxygens (including phenoxy) is 2. The molecular formula is C8H15FO5. The van der Waals surface area contributed by atoms with E-state index in [0.29, 0.717) is 0 Å². The average molecular weight is 209 g/mol. The lowest BCUT2D eigenvalue weighted by atomic mass is 10.00. The fraction of sp³-hybridized carbons (Fsp3) is 1.00. The third-order valence-corrected chi connectivity index (χ3v) is 2.15. The van der Waals surface area contributed by atoms with Crippen LogP contribution in [0.4, 0.5) is 4.39 Å². The maximum Gasteiger partial charge on any atom is 0.186 e. The van der Waals surface area contributed by atoms with Crippen molar-refractivity contribution in [2.24, 2.45) is 0 Å². The van der Waals surface area contributed by atoms with Gasteiger partial charge in [-0.3, -0.25) is 0 Å². The molecule has 1 unspecified atom stereocenters. The molecule has 5 atom stereocenters. The summed E-state index contributed by atoms with van der Waals surface area (Å²) in [5.74, 6) is 0. The van der Waals surface area contributed by atoms with Gasteiger partial charge >= 0.3 is 0 Å². The Morgan fingerprint density at radius 1 is 1.21 bits per heavy atom. The highest BCUT2D eigenvalue weighted by molar-refractivity contribution is 4.88. The van der Waals surface area contributed by atoms with Crippen LogP contribution in [-0.4, -0.2) is 59.3 Å². The molecule has 0 bridgehead atoms. The highest BCUT2D eigenvalue weighted by Gasteiger charge is 2.44. The molecule has 1 heterocycles. The first-order chi connectivity index (χ1) is 6.61. The van der Waals surface area contributed by atoms with Crippen LogP contribution in [-0.2, 0) is 9.47 Å². The van der Waals surface area contributed by atoms with Crippen molar-refractivity contribution >= 4 is 0 Å². The van der Waals surface area contributed by atoms with Gasteiger partial charge in [0.05, 0.1) is 0 Å². The summed E-state index contributed by atoms with van der Waals surface area (Å²) in [5, 5.41) is 28.0. The van der Waals surface area contributed by atoms with E-state index in [1.165, 1.54) is 0 Å². The minimum absolute atomic E-state index is 0.267. The Labute approximate surface area is 81.1 Å². The zero-order valence-electron chi connectivity index (χ0n) is 7.84. The second kappa shape index (κ2) is 4.99. The number of halogens is 1. The van der Waals surface area contributed by atoms with E-state index >= 15 is 0 Å². The summed E-state index contributed by atoms with van der Waals surface area (Å²) in [6.45, 7) is 1.01. The maximum absolute atomic E-state index is 12.3. The van der Waals surface area contributed by atoms with E-state index in [1.54, 1.807) is 6.92 Å².